The molecule has 1 amide bonds. The van der Waals surface area contributed by atoms with Gasteiger partial charge >= 0.3 is 0 Å². The van der Waals surface area contributed by atoms with E-state index >= 15 is 0 Å². The van der Waals surface area contributed by atoms with Crippen molar-refractivity contribution >= 4 is 15.9 Å². The lowest BCUT2D eigenvalue weighted by Crippen LogP contribution is -2.61. The molecule has 3 atom stereocenters. The van der Waals surface area contributed by atoms with Crippen molar-refractivity contribution in [1.29, 1.82) is 0 Å². The van der Waals surface area contributed by atoms with Crippen molar-refractivity contribution < 1.29 is 27.8 Å². The van der Waals surface area contributed by atoms with Gasteiger partial charge in [0, 0.05) is 12.6 Å². The van der Waals surface area contributed by atoms with Crippen LogP contribution >= 0.6 is 0 Å². The molecule has 1 saturated heterocycles. The van der Waals surface area contributed by atoms with Crippen LogP contribution in [0, 0.1) is 0 Å². The van der Waals surface area contributed by atoms with Gasteiger partial charge in [0.2, 0.25) is 10.0 Å². The standard InChI is InChI=1S/C22H32N2O6S/c1-31(27,28)23-18-6-4-12-24-19(18)14-29-16-10-8-15(9-11-16)17-5-2-3-7-20(17)30-21(13-25)22(24)26/h2-3,5,7,15-16,18-19,21,23,25H,4,6,8-14H2,1H3/t15?,16?,18?,19-,21?/m0/s1. The second kappa shape index (κ2) is 9.44. The van der Waals surface area contributed by atoms with E-state index < -0.39 is 34.8 Å². The predicted molar refractivity (Wildman–Crippen MR) is 115 cm³/mol. The number of piperidine rings is 1. The van der Waals surface area contributed by atoms with Crippen LogP contribution in [0.4, 0.5) is 0 Å². The van der Waals surface area contributed by atoms with Gasteiger partial charge in [-0.25, -0.2) is 13.1 Å². The minimum Gasteiger partial charge on any atom is -0.478 e. The molecule has 4 aliphatic rings. The third-order valence-electron chi connectivity index (χ3n) is 6.67. The van der Waals surface area contributed by atoms with Gasteiger partial charge in [0.25, 0.3) is 5.91 Å². The van der Waals surface area contributed by atoms with Gasteiger partial charge in [-0.05, 0) is 56.1 Å². The van der Waals surface area contributed by atoms with Crippen LogP contribution < -0.4 is 9.46 Å². The van der Waals surface area contributed by atoms with Gasteiger partial charge in [0.15, 0.2) is 6.10 Å². The molecular formula is C22H32N2O6S. The van der Waals surface area contributed by atoms with E-state index in [0.29, 0.717) is 31.1 Å². The molecule has 1 aromatic carbocycles. The summed E-state index contributed by atoms with van der Waals surface area (Å²) in [5.41, 5.74) is 1.07. The number of aliphatic hydroxyl groups is 1. The van der Waals surface area contributed by atoms with E-state index in [0.717, 1.165) is 37.5 Å². The highest BCUT2D eigenvalue weighted by Gasteiger charge is 2.40. The lowest BCUT2D eigenvalue weighted by Gasteiger charge is -2.42. The number of ether oxygens (including phenoxy) is 2. The Labute approximate surface area is 184 Å². The van der Waals surface area contributed by atoms with E-state index in [4.69, 9.17) is 9.47 Å². The van der Waals surface area contributed by atoms with E-state index in [9.17, 15) is 18.3 Å². The second-order valence-corrected chi connectivity index (χ2v) is 10.7. The summed E-state index contributed by atoms with van der Waals surface area (Å²) in [4.78, 5) is 15.1. The van der Waals surface area contributed by atoms with Crippen LogP contribution in [0.25, 0.3) is 0 Å². The highest BCUT2D eigenvalue weighted by Crippen LogP contribution is 2.39. The van der Waals surface area contributed by atoms with E-state index in [1.807, 2.05) is 24.3 Å². The van der Waals surface area contributed by atoms with Crippen molar-refractivity contribution in [3.05, 3.63) is 29.8 Å². The van der Waals surface area contributed by atoms with Gasteiger partial charge < -0.3 is 19.5 Å². The Bertz CT molecular complexity index is 884. The number of rotatable bonds is 3. The third kappa shape index (κ3) is 5.22. The SMILES string of the molecule is CS(=O)(=O)NC1CCCN2C(=O)C(CO)Oc3ccccc3C3CCC(CC3)OC[C@@H]12. The average molecular weight is 453 g/mol. The first-order valence-corrected chi connectivity index (χ1v) is 13.0. The molecule has 1 saturated carbocycles. The monoisotopic (exact) mass is 452 g/mol. The Morgan fingerprint density at radius 3 is 2.61 bits per heavy atom. The van der Waals surface area contributed by atoms with Crippen LogP contribution in [0.15, 0.2) is 24.3 Å². The first kappa shape index (κ1) is 22.5. The summed E-state index contributed by atoms with van der Waals surface area (Å²) in [5, 5.41) is 10.0. The highest BCUT2D eigenvalue weighted by molar-refractivity contribution is 7.88. The molecule has 0 aromatic heterocycles. The average Bonchev–Trinajstić information content (AvgIpc) is 2.76. The van der Waals surface area contributed by atoms with Crippen LogP contribution in [0.3, 0.4) is 0 Å². The van der Waals surface area contributed by atoms with Crippen LogP contribution in [0.1, 0.15) is 50.0 Å². The van der Waals surface area contributed by atoms with E-state index in [1.54, 1.807) is 4.90 Å². The lowest BCUT2D eigenvalue weighted by molar-refractivity contribution is -0.147. The van der Waals surface area contributed by atoms with Gasteiger partial charge in [-0.2, -0.15) is 0 Å². The minimum atomic E-state index is -3.44. The molecule has 0 spiro atoms. The fourth-order valence-corrected chi connectivity index (χ4v) is 5.98. The molecule has 0 radical (unpaired) electrons. The molecule has 172 valence electrons. The van der Waals surface area contributed by atoms with Crippen molar-refractivity contribution in [3.63, 3.8) is 0 Å². The third-order valence-corrected chi connectivity index (χ3v) is 7.40. The van der Waals surface area contributed by atoms with E-state index in [2.05, 4.69) is 4.72 Å². The number of fused-ring (bicyclic) bond motifs is 5. The molecular weight excluding hydrogens is 420 g/mol. The zero-order valence-electron chi connectivity index (χ0n) is 17.9. The minimum absolute atomic E-state index is 0.0940. The fraction of sp³-hybridized carbons (Fsp3) is 0.682. The Kier molecular flexibility index (Phi) is 6.86. The summed E-state index contributed by atoms with van der Waals surface area (Å²) in [6.45, 7) is 0.289. The summed E-state index contributed by atoms with van der Waals surface area (Å²) in [7, 11) is -3.44. The topological polar surface area (TPSA) is 105 Å². The smallest absolute Gasteiger partial charge is 0.266 e. The van der Waals surface area contributed by atoms with Crippen molar-refractivity contribution in [2.75, 3.05) is 26.0 Å². The van der Waals surface area contributed by atoms with Gasteiger partial charge in [-0.15, -0.1) is 0 Å². The maximum absolute atomic E-state index is 13.4. The maximum Gasteiger partial charge on any atom is 0.266 e. The number of benzene rings is 1. The molecule has 31 heavy (non-hydrogen) atoms. The second-order valence-electron chi connectivity index (χ2n) is 8.87. The highest BCUT2D eigenvalue weighted by atomic mass is 32.2. The number of sulfonamides is 1. The van der Waals surface area contributed by atoms with Crippen LogP contribution in [0.2, 0.25) is 0 Å². The quantitative estimate of drug-likeness (QED) is 0.718. The number of aliphatic hydroxyl groups excluding tert-OH is 1. The number of nitrogens with zero attached hydrogens (tertiary/aromatic N) is 1. The predicted octanol–water partition coefficient (Wildman–Crippen LogP) is 1.39. The van der Waals surface area contributed by atoms with Gasteiger partial charge in [-0.3, -0.25) is 4.79 Å². The van der Waals surface area contributed by atoms with Crippen molar-refractivity contribution in [3.8, 4) is 5.75 Å². The summed E-state index contributed by atoms with van der Waals surface area (Å²) in [5.74, 6) is 0.629. The summed E-state index contributed by atoms with van der Waals surface area (Å²) < 4.78 is 38.9. The molecule has 2 bridgehead atoms. The summed E-state index contributed by atoms with van der Waals surface area (Å²) >= 11 is 0. The molecule has 8 nitrogen and oxygen atoms in total. The number of amides is 1. The first-order chi connectivity index (χ1) is 14.9. The Morgan fingerprint density at radius 2 is 1.90 bits per heavy atom. The zero-order chi connectivity index (χ0) is 22.0. The number of nitrogens with one attached hydrogen (secondary N) is 1. The molecule has 5 rings (SSSR count). The van der Waals surface area contributed by atoms with E-state index in [-0.39, 0.29) is 18.6 Å². The Hall–Kier alpha value is -1.68. The van der Waals surface area contributed by atoms with Crippen molar-refractivity contribution in [2.24, 2.45) is 0 Å². The van der Waals surface area contributed by atoms with Crippen LogP contribution in [-0.2, 0) is 19.6 Å². The number of para-hydroxylation sites is 1. The Morgan fingerprint density at radius 1 is 1.16 bits per heavy atom. The lowest BCUT2D eigenvalue weighted by atomic mass is 9.82. The number of hydrogen-bond donors (Lipinski definition) is 2. The first-order valence-electron chi connectivity index (χ1n) is 11.1. The molecule has 3 aliphatic heterocycles. The molecule has 2 N–H and O–H groups in total. The molecule has 1 aromatic rings. The normalized spacial score (nSPS) is 32.1. The molecule has 1 aliphatic carbocycles. The number of hydrogen-bond acceptors (Lipinski definition) is 6. The Balaban J connectivity index is 1.68. The molecule has 9 heteroatoms. The number of carbonyl (C=O) groups is 1. The maximum atomic E-state index is 13.4. The van der Waals surface area contributed by atoms with Crippen molar-refractivity contribution in [2.45, 2.75) is 68.7 Å². The van der Waals surface area contributed by atoms with E-state index in [1.165, 1.54) is 0 Å². The summed E-state index contributed by atoms with van der Waals surface area (Å²) in [6, 6.07) is 6.87. The molecule has 2 unspecified atom stereocenters. The van der Waals surface area contributed by atoms with Crippen LogP contribution in [0.5, 0.6) is 5.75 Å². The zero-order valence-corrected chi connectivity index (χ0v) is 18.7. The van der Waals surface area contributed by atoms with Gasteiger partial charge in [0.1, 0.15) is 5.75 Å². The molecule has 3 heterocycles. The van der Waals surface area contributed by atoms with Crippen LogP contribution in [-0.4, -0.2) is 74.6 Å². The summed E-state index contributed by atoms with van der Waals surface area (Å²) in [6.07, 6.45) is 5.22. The van der Waals surface area contributed by atoms with Crippen molar-refractivity contribution in [1.82, 2.24) is 9.62 Å². The largest absolute Gasteiger partial charge is 0.478 e. The molecule has 2 fully saturated rings. The van der Waals surface area contributed by atoms with Gasteiger partial charge in [-0.1, -0.05) is 18.2 Å². The fourth-order valence-electron chi connectivity index (χ4n) is 5.15. The number of carbonyl (C=O) groups excluding carboxylic acids is 1. The van der Waals surface area contributed by atoms with Gasteiger partial charge in [0.05, 0.1) is 31.6 Å².